The Bertz CT molecular complexity index is 1350. The first-order chi connectivity index (χ1) is 15.4. The summed E-state index contributed by atoms with van der Waals surface area (Å²) >= 11 is 5.96. The van der Waals surface area contributed by atoms with Crippen LogP contribution in [-0.4, -0.2) is 29.2 Å². The molecule has 1 amide bonds. The molecule has 0 aliphatic heterocycles. The lowest BCUT2D eigenvalue weighted by Crippen LogP contribution is -2.23. The van der Waals surface area contributed by atoms with E-state index in [1.54, 1.807) is 80.8 Å². The largest absolute Gasteiger partial charge is 0.497 e. The lowest BCUT2D eigenvalue weighted by Gasteiger charge is -2.12. The molecule has 32 heavy (non-hydrogen) atoms. The summed E-state index contributed by atoms with van der Waals surface area (Å²) in [7, 11) is 1.56. The van der Waals surface area contributed by atoms with Crippen LogP contribution in [0.3, 0.4) is 0 Å². The average Bonchev–Trinajstić information content (AvgIpc) is 2.79. The highest BCUT2D eigenvalue weighted by molar-refractivity contribution is 6.30. The lowest BCUT2D eigenvalue weighted by atomic mass is 10.2. The van der Waals surface area contributed by atoms with E-state index in [4.69, 9.17) is 21.1 Å². The summed E-state index contributed by atoms with van der Waals surface area (Å²) < 4.78 is 12.2. The Morgan fingerprint density at radius 1 is 1.06 bits per heavy atom. The van der Waals surface area contributed by atoms with Crippen molar-refractivity contribution in [3.8, 4) is 17.2 Å². The van der Waals surface area contributed by atoms with Crippen LogP contribution in [0.15, 0.2) is 71.5 Å². The number of nitrogens with zero attached hydrogens (tertiary/aromatic N) is 2. The number of carbonyl (C=O) groups is 1. The summed E-state index contributed by atoms with van der Waals surface area (Å²) in [5, 5.41) is 3.72. The van der Waals surface area contributed by atoms with Crippen molar-refractivity contribution in [3.63, 3.8) is 0 Å². The first-order valence-electron chi connectivity index (χ1n) is 9.80. The molecule has 4 rings (SSSR count). The SMILES string of the molecule is COc1cccc(OCC(=O)Nc2ccc3nc(C)n(-c4ccc(Cl)cc4)c(=O)c3c2)c1. The minimum Gasteiger partial charge on any atom is -0.497 e. The molecule has 1 aromatic heterocycles. The van der Waals surface area contributed by atoms with E-state index in [1.807, 2.05) is 0 Å². The van der Waals surface area contributed by atoms with Crippen molar-refractivity contribution < 1.29 is 14.3 Å². The first kappa shape index (κ1) is 21.4. The van der Waals surface area contributed by atoms with Crippen LogP contribution in [0, 0.1) is 6.92 Å². The molecular weight excluding hydrogens is 430 g/mol. The first-order valence-corrected chi connectivity index (χ1v) is 10.2. The third kappa shape index (κ3) is 4.58. The minimum atomic E-state index is -0.356. The van der Waals surface area contributed by atoms with Crippen molar-refractivity contribution in [3.05, 3.63) is 87.9 Å². The molecule has 3 aromatic carbocycles. The second kappa shape index (κ2) is 9.11. The number of ether oxygens (including phenoxy) is 2. The zero-order valence-corrected chi connectivity index (χ0v) is 18.2. The van der Waals surface area contributed by atoms with Gasteiger partial charge >= 0.3 is 0 Å². The molecule has 8 heteroatoms. The smallest absolute Gasteiger partial charge is 0.266 e. The van der Waals surface area contributed by atoms with Gasteiger partial charge in [-0.05, 0) is 61.5 Å². The number of carbonyl (C=O) groups excluding carboxylic acids is 1. The van der Waals surface area contributed by atoms with Gasteiger partial charge in [-0.15, -0.1) is 0 Å². The van der Waals surface area contributed by atoms with E-state index in [0.29, 0.717) is 44.6 Å². The summed E-state index contributed by atoms with van der Waals surface area (Å²) in [5.74, 6) is 1.35. The van der Waals surface area contributed by atoms with E-state index in [-0.39, 0.29) is 18.1 Å². The third-order valence-corrected chi connectivity index (χ3v) is 5.07. The van der Waals surface area contributed by atoms with Crippen LogP contribution in [0.25, 0.3) is 16.6 Å². The zero-order valence-electron chi connectivity index (χ0n) is 17.5. The molecule has 0 aliphatic rings. The Balaban J connectivity index is 1.56. The fraction of sp³-hybridized carbons (Fsp3) is 0.125. The zero-order chi connectivity index (χ0) is 22.7. The fourth-order valence-electron chi connectivity index (χ4n) is 3.31. The predicted octanol–water partition coefficient (Wildman–Crippen LogP) is 4.37. The Morgan fingerprint density at radius 2 is 1.81 bits per heavy atom. The van der Waals surface area contributed by atoms with Gasteiger partial charge in [-0.25, -0.2) is 4.98 Å². The predicted molar refractivity (Wildman–Crippen MR) is 124 cm³/mol. The number of halogens is 1. The van der Waals surface area contributed by atoms with E-state index < -0.39 is 0 Å². The number of nitrogens with one attached hydrogen (secondary N) is 1. The molecule has 1 heterocycles. The molecule has 0 bridgehead atoms. The molecule has 0 unspecified atom stereocenters. The van der Waals surface area contributed by atoms with Gasteiger partial charge in [0.15, 0.2) is 6.61 Å². The van der Waals surface area contributed by atoms with Crippen molar-refractivity contribution in [1.82, 2.24) is 9.55 Å². The summed E-state index contributed by atoms with van der Waals surface area (Å²) in [6.45, 7) is 1.58. The number of methoxy groups -OCH3 is 1. The molecule has 162 valence electrons. The van der Waals surface area contributed by atoms with Crippen molar-refractivity contribution in [1.29, 1.82) is 0 Å². The summed E-state index contributed by atoms with van der Waals surface area (Å²) in [4.78, 5) is 30.1. The molecule has 0 atom stereocenters. The molecule has 4 aromatic rings. The minimum absolute atomic E-state index is 0.188. The number of hydrogen-bond acceptors (Lipinski definition) is 5. The second-order valence-electron chi connectivity index (χ2n) is 7.02. The molecule has 1 N–H and O–H groups in total. The molecule has 7 nitrogen and oxygen atoms in total. The van der Waals surface area contributed by atoms with E-state index in [1.165, 1.54) is 4.57 Å². The third-order valence-electron chi connectivity index (χ3n) is 4.82. The van der Waals surface area contributed by atoms with Crippen molar-refractivity contribution >= 4 is 34.1 Å². The maximum atomic E-state index is 13.2. The van der Waals surface area contributed by atoms with Crippen molar-refractivity contribution in [2.24, 2.45) is 0 Å². The molecule has 0 saturated carbocycles. The Hall–Kier alpha value is -3.84. The van der Waals surface area contributed by atoms with E-state index >= 15 is 0 Å². The Morgan fingerprint density at radius 3 is 2.56 bits per heavy atom. The number of aromatic nitrogens is 2. The van der Waals surface area contributed by atoms with Crippen molar-refractivity contribution in [2.45, 2.75) is 6.92 Å². The second-order valence-corrected chi connectivity index (χ2v) is 7.46. The molecule has 0 spiro atoms. The van der Waals surface area contributed by atoms with E-state index in [0.717, 1.165) is 0 Å². The number of benzene rings is 3. The number of fused-ring (bicyclic) bond motifs is 1. The van der Waals surface area contributed by atoms with Crippen LogP contribution in [0.2, 0.25) is 5.02 Å². The van der Waals surface area contributed by atoms with Gasteiger partial charge in [-0.2, -0.15) is 0 Å². The van der Waals surface area contributed by atoms with Gasteiger partial charge in [0.25, 0.3) is 11.5 Å². The average molecular weight is 450 g/mol. The molecule has 0 saturated heterocycles. The highest BCUT2D eigenvalue weighted by atomic mass is 35.5. The molecule has 0 fully saturated rings. The number of hydrogen-bond donors (Lipinski definition) is 1. The van der Waals surface area contributed by atoms with Crippen molar-refractivity contribution in [2.75, 3.05) is 19.0 Å². The van der Waals surface area contributed by atoms with Gasteiger partial charge in [-0.3, -0.25) is 14.2 Å². The quantitative estimate of drug-likeness (QED) is 0.472. The Kier molecular flexibility index (Phi) is 6.09. The maximum Gasteiger partial charge on any atom is 0.266 e. The van der Waals surface area contributed by atoms with Gasteiger partial charge in [-0.1, -0.05) is 17.7 Å². The number of anilines is 1. The Labute approximate surface area is 189 Å². The highest BCUT2D eigenvalue weighted by Crippen LogP contribution is 2.20. The normalized spacial score (nSPS) is 10.7. The van der Waals surface area contributed by atoms with Crippen LogP contribution in [0.1, 0.15) is 5.82 Å². The van der Waals surface area contributed by atoms with Gasteiger partial charge < -0.3 is 14.8 Å². The number of rotatable bonds is 6. The van der Waals surface area contributed by atoms with E-state index in [2.05, 4.69) is 10.3 Å². The molecule has 0 aliphatic carbocycles. The molecular formula is C24H20ClN3O4. The van der Waals surface area contributed by atoms with Gasteiger partial charge in [0, 0.05) is 16.8 Å². The van der Waals surface area contributed by atoms with Gasteiger partial charge in [0.05, 0.1) is 23.7 Å². The number of amides is 1. The van der Waals surface area contributed by atoms with Crippen LogP contribution < -0.4 is 20.3 Å². The van der Waals surface area contributed by atoms with Crippen LogP contribution >= 0.6 is 11.6 Å². The monoisotopic (exact) mass is 449 g/mol. The fourth-order valence-corrected chi connectivity index (χ4v) is 3.43. The number of aryl methyl sites for hydroxylation is 1. The lowest BCUT2D eigenvalue weighted by molar-refractivity contribution is -0.118. The van der Waals surface area contributed by atoms with Crippen LogP contribution in [-0.2, 0) is 4.79 Å². The summed E-state index contributed by atoms with van der Waals surface area (Å²) in [6.07, 6.45) is 0. The molecule has 0 radical (unpaired) electrons. The van der Waals surface area contributed by atoms with Gasteiger partial charge in [0.1, 0.15) is 17.3 Å². The van der Waals surface area contributed by atoms with E-state index in [9.17, 15) is 9.59 Å². The topological polar surface area (TPSA) is 82.4 Å². The summed E-state index contributed by atoms with van der Waals surface area (Å²) in [6, 6.07) is 18.9. The standard InChI is InChI=1S/C24H20ClN3O4/c1-15-26-22-11-8-17(27-23(29)14-32-20-5-3-4-19(13-20)31-2)12-21(22)24(30)28(15)18-9-6-16(25)7-10-18/h3-13H,14H2,1-2H3,(H,27,29). The summed E-state index contributed by atoms with van der Waals surface area (Å²) in [5.41, 5.74) is 1.44. The highest BCUT2D eigenvalue weighted by Gasteiger charge is 2.12. The maximum absolute atomic E-state index is 13.2. The van der Waals surface area contributed by atoms with Gasteiger partial charge in [0.2, 0.25) is 0 Å². The van der Waals surface area contributed by atoms with Crippen LogP contribution in [0.5, 0.6) is 11.5 Å². The van der Waals surface area contributed by atoms with Crippen LogP contribution in [0.4, 0.5) is 5.69 Å².